The minimum atomic E-state index is -1.04. The van der Waals surface area contributed by atoms with Crippen LogP contribution in [-0.2, 0) is 6.42 Å². The molecular weight excluding hydrogens is 548 g/mol. The van der Waals surface area contributed by atoms with E-state index in [0.717, 1.165) is 18.4 Å². The summed E-state index contributed by atoms with van der Waals surface area (Å²) in [5.41, 5.74) is 3.52. The fraction of sp³-hybridized carbons (Fsp3) is 0.343. The second-order valence-corrected chi connectivity index (χ2v) is 11.3. The largest absolute Gasteiger partial charge is 0.494 e. The number of carbonyl (C=O) groups excluding carboxylic acids is 1. The van der Waals surface area contributed by atoms with Crippen molar-refractivity contribution in [2.75, 3.05) is 7.11 Å². The monoisotopic (exact) mass is 585 g/mol. The van der Waals surface area contributed by atoms with Crippen molar-refractivity contribution in [3.63, 3.8) is 0 Å². The molecule has 4 aromatic rings. The molecular formula is C35H37F2N3O3. The zero-order valence-electron chi connectivity index (χ0n) is 24.6. The van der Waals surface area contributed by atoms with Crippen LogP contribution in [0.5, 0.6) is 5.75 Å². The number of aliphatic hydroxyl groups excluding tert-OH is 1. The Morgan fingerprint density at radius 1 is 1.09 bits per heavy atom. The molecule has 224 valence electrons. The van der Waals surface area contributed by atoms with E-state index < -0.39 is 17.7 Å². The molecule has 1 unspecified atom stereocenters. The van der Waals surface area contributed by atoms with E-state index in [-0.39, 0.29) is 35.6 Å². The molecule has 0 amide bonds. The Morgan fingerprint density at radius 3 is 2.60 bits per heavy atom. The van der Waals surface area contributed by atoms with E-state index >= 15 is 0 Å². The van der Waals surface area contributed by atoms with E-state index in [2.05, 4.69) is 4.98 Å². The van der Waals surface area contributed by atoms with Gasteiger partial charge in [0.25, 0.3) is 0 Å². The van der Waals surface area contributed by atoms with Gasteiger partial charge >= 0.3 is 0 Å². The van der Waals surface area contributed by atoms with Crippen molar-refractivity contribution in [3.05, 3.63) is 88.9 Å². The molecule has 0 radical (unpaired) electrons. The van der Waals surface area contributed by atoms with E-state index in [1.54, 1.807) is 18.3 Å². The Morgan fingerprint density at radius 2 is 1.86 bits per heavy atom. The van der Waals surface area contributed by atoms with Crippen LogP contribution in [0.3, 0.4) is 0 Å². The molecule has 1 saturated carbocycles. The second kappa shape index (κ2) is 13.4. The molecule has 3 N–H and O–H groups in total. The Bertz CT molecular complexity index is 1720. The molecule has 5 rings (SSSR count). The highest BCUT2D eigenvalue weighted by Gasteiger charge is 2.21. The summed E-state index contributed by atoms with van der Waals surface area (Å²) >= 11 is 0. The van der Waals surface area contributed by atoms with Gasteiger partial charge in [-0.05, 0) is 60.7 Å². The van der Waals surface area contributed by atoms with Gasteiger partial charge in [0.1, 0.15) is 0 Å². The zero-order valence-corrected chi connectivity index (χ0v) is 24.6. The number of nitrogens with one attached hydrogen (secondary N) is 2. The highest BCUT2D eigenvalue weighted by atomic mass is 19.2. The fourth-order valence-electron chi connectivity index (χ4n) is 6.13. The van der Waals surface area contributed by atoms with E-state index in [0.29, 0.717) is 51.8 Å². The molecule has 1 fully saturated rings. The molecule has 0 spiro atoms. The summed E-state index contributed by atoms with van der Waals surface area (Å²) in [6.07, 6.45) is 7.26. The normalized spacial score (nSPS) is 14.8. The number of aromatic amines is 1. The van der Waals surface area contributed by atoms with Crippen molar-refractivity contribution >= 4 is 28.1 Å². The number of Topliss-reactive ketones (excluding diaryl/α,β-unsaturated/α-hetero) is 1. The highest BCUT2D eigenvalue weighted by molar-refractivity contribution is 6.09. The molecule has 6 nitrogen and oxygen atoms in total. The molecule has 0 bridgehead atoms. The van der Waals surface area contributed by atoms with Crippen molar-refractivity contribution in [2.45, 2.75) is 64.4 Å². The van der Waals surface area contributed by atoms with Crippen LogP contribution in [0, 0.1) is 23.0 Å². The molecule has 0 aliphatic heterocycles. The molecule has 8 heteroatoms. The van der Waals surface area contributed by atoms with Crippen LogP contribution in [0.2, 0.25) is 0 Å². The Hall–Kier alpha value is -4.17. The SMILES string of the molecule is CCc1cc(N=c2ccccc3c(-c4ccc(OC)c(F)c4F)c[nH]c23)ccc1C(=O)CC(=N)CC(O)CC1CCCC1. The quantitative estimate of drug-likeness (QED) is 0.124. The molecule has 1 atom stereocenters. The van der Waals surface area contributed by atoms with Crippen molar-refractivity contribution in [3.8, 4) is 16.9 Å². The van der Waals surface area contributed by atoms with Gasteiger partial charge in [-0.2, -0.15) is 4.39 Å². The first-order chi connectivity index (χ1) is 20.8. The molecule has 0 saturated heterocycles. The maximum atomic E-state index is 14.9. The summed E-state index contributed by atoms with van der Waals surface area (Å²) in [5.74, 6) is -1.81. The summed E-state index contributed by atoms with van der Waals surface area (Å²) in [6.45, 7) is 1.97. The molecule has 3 aromatic carbocycles. The maximum absolute atomic E-state index is 14.9. The Kier molecular flexibility index (Phi) is 9.46. The van der Waals surface area contributed by atoms with Crippen molar-refractivity contribution in [2.24, 2.45) is 10.9 Å². The Labute approximate surface area is 250 Å². The summed E-state index contributed by atoms with van der Waals surface area (Å²) in [5, 5.41) is 20.0. The minimum Gasteiger partial charge on any atom is -0.494 e. The van der Waals surface area contributed by atoms with Crippen LogP contribution in [0.4, 0.5) is 14.5 Å². The Balaban J connectivity index is 1.40. The number of aliphatic hydroxyl groups is 1. The number of halogens is 2. The van der Waals surface area contributed by atoms with E-state index in [1.165, 1.54) is 32.1 Å². The van der Waals surface area contributed by atoms with Gasteiger partial charge in [-0.1, -0.05) is 50.8 Å². The number of methoxy groups -OCH3 is 1. The third kappa shape index (κ3) is 6.75. The molecule has 1 aliphatic rings. The van der Waals surface area contributed by atoms with E-state index in [9.17, 15) is 18.7 Å². The molecule has 1 aliphatic carbocycles. The van der Waals surface area contributed by atoms with Crippen LogP contribution in [0.1, 0.15) is 67.8 Å². The van der Waals surface area contributed by atoms with Crippen LogP contribution in [0.15, 0.2) is 65.8 Å². The van der Waals surface area contributed by atoms with Gasteiger partial charge in [0.2, 0.25) is 5.82 Å². The van der Waals surface area contributed by atoms with Gasteiger partial charge in [0, 0.05) is 46.8 Å². The van der Waals surface area contributed by atoms with Crippen LogP contribution >= 0.6 is 0 Å². The number of benzene rings is 2. The van der Waals surface area contributed by atoms with Crippen molar-refractivity contribution in [1.82, 2.24) is 4.98 Å². The summed E-state index contributed by atoms with van der Waals surface area (Å²) in [4.78, 5) is 21.2. The maximum Gasteiger partial charge on any atom is 0.201 e. The van der Waals surface area contributed by atoms with Gasteiger partial charge in [0.15, 0.2) is 17.3 Å². The smallest absolute Gasteiger partial charge is 0.201 e. The number of nitrogens with zero attached hydrogens (tertiary/aromatic N) is 1. The number of aryl methyl sites for hydroxylation is 1. The number of ether oxygens (including phenoxy) is 1. The lowest BCUT2D eigenvalue weighted by Gasteiger charge is -2.16. The standard InChI is InChI=1S/C35H37F2N3O3/c1-3-22-17-24(12-13-26(22)31(42)19-23(38)18-25(41)16-21-8-4-5-9-21)40-30-11-7-6-10-28-29(20-39-35(28)30)27-14-15-32(43-2)34(37)33(27)36/h6-7,10-15,17,20-21,25,38-39,41H,3-5,8-9,16,18-19H2,1-2H3. The first kappa shape index (κ1) is 30.3. The number of H-pyrrole nitrogens is 1. The third-order valence-electron chi connectivity index (χ3n) is 8.32. The number of hydrogen-bond acceptors (Lipinski definition) is 5. The van der Waals surface area contributed by atoms with Crippen LogP contribution in [0.25, 0.3) is 22.0 Å². The van der Waals surface area contributed by atoms with Crippen molar-refractivity contribution < 1.29 is 23.4 Å². The predicted molar refractivity (Wildman–Crippen MR) is 165 cm³/mol. The third-order valence-corrected chi connectivity index (χ3v) is 8.32. The topological polar surface area (TPSA) is 98.5 Å². The van der Waals surface area contributed by atoms with Gasteiger partial charge < -0.3 is 20.2 Å². The number of carbonyl (C=O) groups is 1. The minimum absolute atomic E-state index is 0.0197. The molecule has 1 heterocycles. The first-order valence-corrected chi connectivity index (χ1v) is 14.9. The lowest BCUT2D eigenvalue weighted by Crippen LogP contribution is -2.18. The van der Waals surface area contributed by atoms with Crippen molar-refractivity contribution in [1.29, 1.82) is 5.41 Å². The number of fused-ring (bicyclic) bond motifs is 1. The number of ketones is 1. The average molecular weight is 586 g/mol. The van der Waals surface area contributed by atoms with Crippen LogP contribution in [-0.4, -0.2) is 34.8 Å². The molecule has 1 aromatic heterocycles. The van der Waals surface area contributed by atoms with Gasteiger partial charge in [-0.25, -0.2) is 9.38 Å². The average Bonchev–Trinajstić information content (AvgIpc) is 3.61. The lowest BCUT2D eigenvalue weighted by molar-refractivity contribution is 0.0997. The number of hydrogen-bond donors (Lipinski definition) is 3. The van der Waals surface area contributed by atoms with E-state index in [1.807, 2.05) is 37.3 Å². The van der Waals surface area contributed by atoms with Gasteiger partial charge in [-0.3, -0.25) is 4.79 Å². The fourth-order valence-corrected chi connectivity index (χ4v) is 6.13. The number of rotatable bonds is 11. The van der Waals surface area contributed by atoms with E-state index in [4.69, 9.17) is 15.1 Å². The second-order valence-electron chi connectivity index (χ2n) is 11.3. The first-order valence-electron chi connectivity index (χ1n) is 14.9. The van der Waals surface area contributed by atoms with Crippen LogP contribution < -0.4 is 10.1 Å². The number of aromatic nitrogens is 1. The summed E-state index contributed by atoms with van der Waals surface area (Å²) in [6, 6.07) is 15.6. The molecule has 43 heavy (non-hydrogen) atoms. The summed E-state index contributed by atoms with van der Waals surface area (Å²) in [7, 11) is 1.29. The lowest BCUT2D eigenvalue weighted by atomic mass is 9.93. The summed E-state index contributed by atoms with van der Waals surface area (Å²) < 4.78 is 34.3. The zero-order chi connectivity index (χ0) is 30.5. The van der Waals surface area contributed by atoms with Gasteiger partial charge in [0.05, 0.1) is 29.8 Å². The van der Waals surface area contributed by atoms with Gasteiger partial charge in [-0.15, -0.1) is 0 Å². The predicted octanol–water partition coefficient (Wildman–Crippen LogP) is 7.84. The highest BCUT2D eigenvalue weighted by Crippen LogP contribution is 2.33.